The van der Waals surface area contributed by atoms with Crippen LogP contribution in [0.25, 0.3) is 0 Å². The number of nitrogens with one attached hydrogen (secondary N) is 1. The van der Waals surface area contributed by atoms with Crippen LogP contribution >= 0.6 is 12.8 Å². The number of hydrogen-bond acceptors (Lipinski definition) is 2. The van der Waals surface area contributed by atoms with Crippen LogP contribution in [0.2, 0.25) is 0 Å². The Labute approximate surface area is 94.9 Å². The lowest BCUT2D eigenvalue weighted by Gasteiger charge is -2.21. The normalized spacial score (nSPS) is 15.4. The van der Waals surface area contributed by atoms with E-state index in [1.807, 2.05) is 0 Å². The van der Waals surface area contributed by atoms with Crippen molar-refractivity contribution in [2.24, 2.45) is 11.8 Å². The van der Waals surface area contributed by atoms with Gasteiger partial charge in [0.05, 0.1) is 0 Å². The maximum Gasteiger partial charge on any atom is 0.0228 e. The minimum atomic E-state index is 0.544. The van der Waals surface area contributed by atoms with Crippen LogP contribution in [-0.2, 0) is 0 Å². The van der Waals surface area contributed by atoms with Crippen molar-refractivity contribution in [2.45, 2.75) is 53.9 Å². The molecule has 0 heterocycles. The van der Waals surface area contributed by atoms with E-state index in [4.69, 9.17) is 0 Å². The highest BCUT2D eigenvalue weighted by Crippen LogP contribution is 2.26. The lowest BCUT2D eigenvalue weighted by molar-refractivity contribution is 0.581. The number of hydrogen-bond donors (Lipinski definition) is 2. The van der Waals surface area contributed by atoms with E-state index in [0.29, 0.717) is 11.8 Å². The topological polar surface area (TPSA) is 12.0 Å². The first kappa shape index (κ1) is 13.9. The van der Waals surface area contributed by atoms with Crippen molar-refractivity contribution < 1.29 is 0 Å². The van der Waals surface area contributed by atoms with Crippen molar-refractivity contribution in [3.8, 4) is 0 Å². The second-order valence-corrected chi connectivity index (χ2v) is 4.49. The van der Waals surface area contributed by atoms with E-state index >= 15 is 0 Å². The molecule has 0 aromatic rings. The second kappa shape index (κ2) is 7.22. The van der Waals surface area contributed by atoms with Crippen molar-refractivity contribution in [1.29, 1.82) is 0 Å². The van der Waals surface area contributed by atoms with E-state index < -0.39 is 0 Å². The Morgan fingerprint density at radius 3 is 2.07 bits per heavy atom. The van der Waals surface area contributed by atoms with Gasteiger partial charge in [0.15, 0.2) is 0 Å². The molecule has 0 aliphatic rings. The SMILES string of the molecule is CCC/C(=C(\NS)C(C)C)C(C)CC. The summed E-state index contributed by atoms with van der Waals surface area (Å²) >= 11 is 4.21. The number of thiol groups is 1. The van der Waals surface area contributed by atoms with Crippen LogP contribution < -0.4 is 4.72 Å². The lowest BCUT2D eigenvalue weighted by Crippen LogP contribution is -2.14. The molecule has 2 heteroatoms. The monoisotopic (exact) mass is 215 g/mol. The summed E-state index contributed by atoms with van der Waals surface area (Å²) in [4.78, 5) is 0. The van der Waals surface area contributed by atoms with Gasteiger partial charge in [-0.3, -0.25) is 0 Å². The van der Waals surface area contributed by atoms with Crippen molar-refractivity contribution in [3.63, 3.8) is 0 Å². The molecule has 1 nitrogen and oxygen atoms in total. The van der Waals surface area contributed by atoms with E-state index in [1.165, 1.54) is 25.0 Å². The van der Waals surface area contributed by atoms with E-state index in [1.54, 1.807) is 5.57 Å². The van der Waals surface area contributed by atoms with Crippen LogP contribution in [0.3, 0.4) is 0 Å². The van der Waals surface area contributed by atoms with Gasteiger partial charge in [0.1, 0.15) is 0 Å². The van der Waals surface area contributed by atoms with Crippen LogP contribution in [0, 0.1) is 11.8 Å². The zero-order valence-corrected chi connectivity index (χ0v) is 11.1. The summed E-state index contributed by atoms with van der Waals surface area (Å²) in [6, 6.07) is 0. The van der Waals surface area contributed by atoms with Crippen LogP contribution in [0.1, 0.15) is 53.9 Å². The Morgan fingerprint density at radius 2 is 1.79 bits per heavy atom. The number of rotatable bonds is 6. The molecule has 0 aromatic heterocycles. The van der Waals surface area contributed by atoms with Crippen LogP contribution in [0.5, 0.6) is 0 Å². The second-order valence-electron chi connectivity index (χ2n) is 4.26. The molecule has 0 aromatic carbocycles. The molecule has 0 saturated carbocycles. The van der Waals surface area contributed by atoms with Crippen LogP contribution in [0.15, 0.2) is 11.3 Å². The molecule has 0 saturated heterocycles. The molecule has 1 N–H and O–H groups in total. The predicted molar refractivity (Wildman–Crippen MR) is 68.3 cm³/mol. The van der Waals surface area contributed by atoms with E-state index in [0.717, 1.165) is 0 Å². The minimum absolute atomic E-state index is 0.544. The fraction of sp³-hybridized carbons (Fsp3) is 0.833. The quantitative estimate of drug-likeness (QED) is 0.634. The molecule has 0 aliphatic heterocycles. The summed E-state index contributed by atoms with van der Waals surface area (Å²) in [7, 11) is 0. The molecule has 0 radical (unpaired) electrons. The standard InChI is InChI=1S/C12H25NS/c1-6-8-11(10(5)7-2)12(13-14)9(3)4/h9-10,13-14H,6-8H2,1-5H3/b12-11+. The molecule has 0 amide bonds. The first-order valence-corrected chi connectivity index (χ1v) is 6.16. The fourth-order valence-corrected chi connectivity index (χ4v) is 2.14. The van der Waals surface area contributed by atoms with Crippen molar-refractivity contribution in [2.75, 3.05) is 0 Å². The fourth-order valence-electron chi connectivity index (χ4n) is 1.73. The van der Waals surface area contributed by atoms with Crippen molar-refractivity contribution in [3.05, 3.63) is 11.3 Å². The highest BCUT2D eigenvalue weighted by molar-refractivity contribution is 7.78. The molecule has 0 rings (SSSR count). The van der Waals surface area contributed by atoms with Gasteiger partial charge in [-0.05, 0) is 30.3 Å². The average molecular weight is 215 g/mol. The van der Waals surface area contributed by atoms with E-state index in [-0.39, 0.29) is 0 Å². The third kappa shape index (κ3) is 3.95. The van der Waals surface area contributed by atoms with Gasteiger partial charge in [-0.25, -0.2) is 0 Å². The van der Waals surface area contributed by atoms with Gasteiger partial charge in [-0.1, -0.05) is 53.9 Å². The molecule has 14 heavy (non-hydrogen) atoms. The third-order valence-corrected chi connectivity index (χ3v) is 3.01. The van der Waals surface area contributed by atoms with Gasteiger partial charge in [-0.2, -0.15) is 0 Å². The minimum Gasteiger partial charge on any atom is -0.336 e. The largest absolute Gasteiger partial charge is 0.336 e. The smallest absolute Gasteiger partial charge is 0.0228 e. The van der Waals surface area contributed by atoms with Gasteiger partial charge in [0.25, 0.3) is 0 Å². The van der Waals surface area contributed by atoms with Gasteiger partial charge >= 0.3 is 0 Å². The van der Waals surface area contributed by atoms with Crippen molar-refractivity contribution in [1.82, 2.24) is 4.72 Å². The van der Waals surface area contributed by atoms with Crippen LogP contribution in [-0.4, -0.2) is 0 Å². The Hall–Kier alpha value is -0.110. The molecule has 0 fully saturated rings. The lowest BCUT2D eigenvalue weighted by atomic mass is 9.89. The Morgan fingerprint density at radius 1 is 1.21 bits per heavy atom. The molecule has 1 atom stereocenters. The summed E-state index contributed by atoms with van der Waals surface area (Å²) in [6.45, 7) is 11.2. The van der Waals surface area contributed by atoms with Gasteiger partial charge in [0, 0.05) is 5.70 Å². The van der Waals surface area contributed by atoms with Crippen molar-refractivity contribution >= 4 is 12.8 Å². The highest BCUT2D eigenvalue weighted by atomic mass is 32.1. The van der Waals surface area contributed by atoms with E-state index in [2.05, 4.69) is 52.2 Å². The zero-order chi connectivity index (χ0) is 11.1. The summed E-state index contributed by atoms with van der Waals surface area (Å²) < 4.78 is 3.08. The van der Waals surface area contributed by atoms with Gasteiger partial charge in [0.2, 0.25) is 0 Å². The zero-order valence-electron chi connectivity index (χ0n) is 10.2. The molecule has 0 bridgehead atoms. The molecule has 84 valence electrons. The molecule has 1 unspecified atom stereocenters. The molecular weight excluding hydrogens is 190 g/mol. The van der Waals surface area contributed by atoms with Gasteiger partial charge < -0.3 is 4.72 Å². The van der Waals surface area contributed by atoms with E-state index in [9.17, 15) is 0 Å². The average Bonchev–Trinajstić information content (AvgIpc) is 2.16. The van der Waals surface area contributed by atoms with Gasteiger partial charge in [-0.15, -0.1) is 0 Å². The Balaban J connectivity index is 4.87. The summed E-state index contributed by atoms with van der Waals surface area (Å²) in [6.07, 6.45) is 3.61. The molecule has 0 spiro atoms. The Kier molecular flexibility index (Phi) is 7.16. The van der Waals surface area contributed by atoms with Crippen LogP contribution in [0.4, 0.5) is 0 Å². The summed E-state index contributed by atoms with van der Waals surface area (Å²) in [5.74, 6) is 1.22. The first-order valence-electron chi connectivity index (χ1n) is 5.71. The summed E-state index contributed by atoms with van der Waals surface area (Å²) in [5, 5.41) is 0. The molecule has 0 aliphatic carbocycles. The predicted octanol–water partition coefficient (Wildman–Crippen LogP) is 4.18. The highest BCUT2D eigenvalue weighted by Gasteiger charge is 2.13. The maximum atomic E-state index is 4.21. The third-order valence-electron chi connectivity index (χ3n) is 2.77. The number of allylic oxidation sites excluding steroid dienone is 2. The molecular formula is C12H25NS. The Bertz CT molecular complexity index is 185. The first-order chi connectivity index (χ1) is 6.58. The maximum absolute atomic E-state index is 4.21. The summed E-state index contributed by atoms with van der Waals surface area (Å²) in [5.41, 5.74) is 2.88.